The zero-order valence-corrected chi connectivity index (χ0v) is 16.4. The Morgan fingerprint density at radius 3 is 2.72 bits per heavy atom. The standard InChI is InChI=1S/C22H23FN4O2/c1-15-13-26(14-25-15)20-8-7-18(11-21(20)29-2)27-10-9-19(22(27)28)24-12-16-3-5-17(23)6-4-16/h3-8,11,13-14,19,24H,9-10,12H2,1-2H3. The molecule has 2 heterocycles. The molecule has 1 amide bonds. The molecule has 1 aliphatic heterocycles. The molecule has 1 N–H and O–H groups in total. The molecule has 1 atom stereocenters. The summed E-state index contributed by atoms with van der Waals surface area (Å²) < 4.78 is 20.5. The number of hydrogen-bond acceptors (Lipinski definition) is 4. The van der Waals surface area contributed by atoms with E-state index in [-0.39, 0.29) is 17.8 Å². The number of nitrogens with zero attached hydrogens (tertiary/aromatic N) is 3. The Morgan fingerprint density at radius 1 is 1.24 bits per heavy atom. The summed E-state index contributed by atoms with van der Waals surface area (Å²) >= 11 is 0. The third-order valence-electron chi connectivity index (χ3n) is 5.14. The lowest BCUT2D eigenvalue weighted by Gasteiger charge is -2.19. The molecule has 0 spiro atoms. The lowest BCUT2D eigenvalue weighted by atomic mass is 10.2. The second kappa shape index (κ2) is 8.05. The Kier molecular flexibility index (Phi) is 5.31. The highest BCUT2D eigenvalue weighted by Gasteiger charge is 2.32. The molecule has 0 aliphatic carbocycles. The monoisotopic (exact) mass is 394 g/mol. The first-order valence-electron chi connectivity index (χ1n) is 9.53. The van der Waals surface area contributed by atoms with Gasteiger partial charge in [0, 0.05) is 31.0 Å². The van der Waals surface area contributed by atoms with Gasteiger partial charge in [0.25, 0.3) is 0 Å². The van der Waals surface area contributed by atoms with E-state index in [1.54, 1.807) is 30.5 Å². The van der Waals surface area contributed by atoms with Gasteiger partial charge in [-0.1, -0.05) is 12.1 Å². The van der Waals surface area contributed by atoms with Crippen molar-refractivity contribution in [1.29, 1.82) is 0 Å². The van der Waals surface area contributed by atoms with Crippen LogP contribution in [0.15, 0.2) is 55.0 Å². The summed E-state index contributed by atoms with van der Waals surface area (Å²) in [6, 6.07) is 11.8. The second-order valence-corrected chi connectivity index (χ2v) is 7.12. The van der Waals surface area contributed by atoms with Gasteiger partial charge in [0.2, 0.25) is 5.91 Å². The smallest absolute Gasteiger partial charge is 0.244 e. The summed E-state index contributed by atoms with van der Waals surface area (Å²) in [4.78, 5) is 18.9. The SMILES string of the molecule is COc1cc(N2CCC(NCc3ccc(F)cc3)C2=O)ccc1-n1cnc(C)c1. The van der Waals surface area contributed by atoms with Crippen molar-refractivity contribution in [2.24, 2.45) is 0 Å². The summed E-state index contributed by atoms with van der Waals surface area (Å²) in [5.41, 5.74) is 3.54. The number of carbonyl (C=O) groups is 1. The largest absolute Gasteiger partial charge is 0.494 e. The van der Waals surface area contributed by atoms with Crippen LogP contribution < -0.4 is 15.0 Å². The van der Waals surface area contributed by atoms with Crippen LogP contribution >= 0.6 is 0 Å². The molecule has 3 aromatic rings. The fourth-order valence-corrected chi connectivity index (χ4v) is 3.57. The topological polar surface area (TPSA) is 59.4 Å². The molecule has 2 aromatic carbocycles. The van der Waals surface area contributed by atoms with Crippen molar-refractivity contribution in [3.8, 4) is 11.4 Å². The fourth-order valence-electron chi connectivity index (χ4n) is 3.57. The van der Waals surface area contributed by atoms with Gasteiger partial charge >= 0.3 is 0 Å². The van der Waals surface area contributed by atoms with E-state index in [2.05, 4.69) is 10.3 Å². The van der Waals surface area contributed by atoms with Crippen LogP contribution in [0.25, 0.3) is 5.69 Å². The quantitative estimate of drug-likeness (QED) is 0.697. The number of imidazole rings is 1. The van der Waals surface area contributed by atoms with Gasteiger partial charge in [0.15, 0.2) is 0 Å². The number of amides is 1. The highest BCUT2D eigenvalue weighted by Crippen LogP contribution is 2.31. The second-order valence-electron chi connectivity index (χ2n) is 7.12. The molecule has 4 rings (SSSR count). The third kappa shape index (κ3) is 4.00. The fraction of sp³-hybridized carbons (Fsp3) is 0.273. The molecule has 1 aromatic heterocycles. The lowest BCUT2D eigenvalue weighted by Crippen LogP contribution is -2.38. The molecular formula is C22H23FN4O2. The molecule has 1 aliphatic rings. The Hall–Kier alpha value is -3.19. The highest BCUT2D eigenvalue weighted by molar-refractivity contribution is 5.99. The van der Waals surface area contributed by atoms with E-state index < -0.39 is 0 Å². The Morgan fingerprint density at radius 2 is 2.03 bits per heavy atom. The van der Waals surface area contributed by atoms with Gasteiger partial charge < -0.3 is 19.5 Å². The van der Waals surface area contributed by atoms with Gasteiger partial charge in [-0.25, -0.2) is 9.37 Å². The minimum atomic E-state index is -0.264. The third-order valence-corrected chi connectivity index (χ3v) is 5.14. The van der Waals surface area contributed by atoms with Crippen molar-refractivity contribution in [3.63, 3.8) is 0 Å². The van der Waals surface area contributed by atoms with Crippen molar-refractivity contribution in [2.45, 2.75) is 25.9 Å². The summed E-state index contributed by atoms with van der Waals surface area (Å²) in [5, 5.41) is 3.28. The van der Waals surface area contributed by atoms with E-state index in [0.29, 0.717) is 25.3 Å². The maximum absolute atomic E-state index is 13.0. The predicted molar refractivity (Wildman–Crippen MR) is 109 cm³/mol. The van der Waals surface area contributed by atoms with Crippen LogP contribution in [-0.4, -0.2) is 35.2 Å². The number of nitrogens with one attached hydrogen (secondary N) is 1. The van der Waals surface area contributed by atoms with Gasteiger partial charge in [-0.3, -0.25) is 4.79 Å². The van der Waals surface area contributed by atoms with E-state index >= 15 is 0 Å². The van der Waals surface area contributed by atoms with E-state index in [9.17, 15) is 9.18 Å². The Balaban J connectivity index is 1.47. The van der Waals surface area contributed by atoms with Gasteiger partial charge in [-0.15, -0.1) is 0 Å². The highest BCUT2D eigenvalue weighted by atomic mass is 19.1. The Labute approximate surface area is 168 Å². The van der Waals surface area contributed by atoms with Crippen molar-refractivity contribution < 1.29 is 13.9 Å². The van der Waals surface area contributed by atoms with Gasteiger partial charge in [-0.05, 0) is 43.2 Å². The first-order valence-corrected chi connectivity index (χ1v) is 9.53. The number of rotatable bonds is 6. The molecule has 1 unspecified atom stereocenters. The molecule has 6 nitrogen and oxygen atoms in total. The van der Waals surface area contributed by atoms with Crippen molar-refractivity contribution in [1.82, 2.24) is 14.9 Å². The number of benzene rings is 2. The van der Waals surface area contributed by atoms with Crippen LogP contribution in [0.1, 0.15) is 17.7 Å². The summed E-state index contributed by atoms with van der Waals surface area (Å²) in [7, 11) is 1.62. The maximum Gasteiger partial charge on any atom is 0.244 e. The zero-order valence-electron chi connectivity index (χ0n) is 16.4. The molecule has 0 radical (unpaired) electrons. The first kappa shape index (κ1) is 19.1. The molecule has 7 heteroatoms. The van der Waals surface area contributed by atoms with E-state index in [4.69, 9.17) is 4.74 Å². The predicted octanol–water partition coefficient (Wildman–Crippen LogP) is 3.22. The van der Waals surface area contributed by atoms with Crippen LogP contribution in [0.3, 0.4) is 0 Å². The van der Waals surface area contributed by atoms with Gasteiger partial charge in [0.05, 0.1) is 30.9 Å². The van der Waals surface area contributed by atoms with Crippen LogP contribution in [0, 0.1) is 12.7 Å². The number of halogens is 1. The van der Waals surface area contributed by atoms with E-state index in [1.165, 1.54) is 12.1 Å². The maximum atomic E-state index is 13.0. The number of anilines is 1. The number of aryl methyl sites for hydroxylation is 1. The van der Waals surface area contributed by atoms with Gasteiger partial charge in [-0.2, -0.15) is 0 Å². The number of hydrogen-bond donors (Lipinski definition) is 1. The number of aromatic nitrogens is 2. The summed E-state index contributed by atoms with van der Waals surface area (Å²) in [6.07, 6.45) is 4.38. The number of carbonyl (C=O) groups excluding carboxylic acids is 1. The molecule has 1 saturated heterocycles. The minimum absolute atomic E-state index is 0.0281. The summed E-state index contributed by atoms with van der Waals surface area (Å²) in [6.45, 7) is 3.08. The minimum Gasteiger partial charge on any atom is -0.494 e. The molecule has 1 fully saturated rings. The average molecular weight is 394 g/mol. The molecular weight excluding hydrogens is 371 g/mol. The van der Waals surface area contributed by atoms with Gasteiger partial charge in [0.1, 0.15) is 11.6 Å². The van der Waals surface area contributed by atoms with E-state index in [0.717, 1.165) is 22.6 Å². The van der Waals surface area contributed by atoms with Crippen molar-refractivity contribution in [3.05, 3.63) is 72.1 Å². The Bertz CT molecular complexity index is 1020. The molecule has 29 heavy (non-hydrogen) atoms. The van der Waals surface area contributed by atoms with E-state index in [1.807, 2.05) is 35.9 Å². The molecule has 0 saturated carbocycles. The van der Waals surface area contributed by atoms with Crippen LogP contribution in [-0.2, 0) is 11.3 Å². The lowest BCUT2D eigenvalue weighted by molar-refractivity contribution is -0.118. The molecule has 150 valence electrons. The number of methoxy groups -OCH3 is 1. The normalized spacial score (nSPS) is 16.4. The molecule has 0 bridgehead atoms. The number of ether oxygens (including phenoxy) is 1. The average Bonchev–Trinajstić information content (AvgIpc) is 3.32. The van der Waals surface area contributed by atoms with Crippen LogP contribution in [0.4, 0.5) is 10.1 Å². The first-order chi connectivity index (χ1) is 14.0. The van der Waals surface area contributed by atoms with Crippen molar-refractivity contribution >= 4 is 11.6 Å². The summed E-state index contributed by atoms with van der Waals surface area (Å²) in [5.74, 6) is 0.441. The zero-order chi connectivity index (χ0) is 20.4. The van der Waals surface area contributed by atoms with Crippen molar-refractivity contribution in [2.75, 3.05) is 18.6 Å². The van der Waals surface area contributed by atoms with Crippen LogP contribution in [0.2, 0.25) is 0 Å². The van der Waals surface area contributed by atoms with Crippen LogP contribution in [0.5, 0.6) is 5.75 Å².